The highest BCUT2D eigenvalue weighted by Crippen LogP contribution is 2.34. The first-order valence-electron chi connectivity index (χ1n) is 9.15. The summed E-state index contributed by atoms with van der Waals surface area (Å²) >= 11 is 12.4. The van der Waals surface area contributed by atoms with Crippen molar-refractivity contribution in [1.29, 1.82) is 0 Å². The maximum Gasteiger partial charge on any atom is 0.300 e. The number of anilines is 1. The molecule has 2 N–H and O–H groups in total. The third-order valence-corrected chi connectivity index (χ3v) is 6.08. The number of nitro benzene ring substituents is 2. The van der Waals surface area contributed by atoms with Gasteiger partial charge in [0.2, 0.25) is 5.91 Å². The summed E-state index contributed by atoms with van der Waals surface area (Å²) in [6.07, 6.45) is 1.47. The lowest BCUT2D eigenvalue weighted by Gasteiger charge is -2.14. The minimum atomic E-state index is -0.813. The zero-order valence-corrected chi connectivity index (χ0v) is 18.9. The Morgan fingerprint density at radius 1 is 1.18 bits per heavy atom. The summed E-state index contributed by atoms with van der Waals surface area (Å²) in [7, 11) is 0. The number of carbonyl (C=O) groups is 2. The predicted octanol–water partition coefficient (Wildman–Crippen LogP) is 3.89. The summed E-state index contributed by atoms with van der Waals surface area (Å²) in [5.74, 6) is -0.941. The van der Waals surface area contributed by atoms with Crippen molar-refractivity contribution in [2.45, 2.75) is 6.42 Å². The van der Waals surface area contributed by atoms with Gasteiger partial charge in [-0.15, -0.1) is 0 Å². The number of carbonyl (C=O) groups excluding carboxylic acids is 2. The molecule has 0 unspecified atom stereocenters. The number of nitrogens with one attached hydrogen (secondary N) is 2. The monoisotopic (exact) mass is 507 g/mol. The molecule has 1 fully saturated rings. The van der Waals surface area contributed by atoms with Crippen LogP contribution in [-0.4, -0.2) is 37.4 Å². The van der Waals surface area contributed by atoms with E-state index in [1.807, 2.05) is 0 Å². The second-order valence-corrected chi connectivity index (χ2v) is 8.58. The van der Waals surface area contributed by atoms with Gasteiger partial charge in [-0.3, -0.25) is 45.6 Å². The van der Waals surface area contributed by atoms with Crippen molar-refractivity contribution in [3.63, 3.8) is 0 Å². The van der Waals surface area contributed by atoms with Crippen LogP contribution in [0.15, 0.2) is 47.4 Å². The third-order valence-electron chi connectivity index (χ3n) is 4.35. The maximum atomic E-state index is 12.7. The molecule has 0 spiro atoms. The van der Waals surface area contributed by atoms with E-state index in [1.54, 1.807) is 30.3 Å². The van der Waals surface area contributed by atoms with E-state index in [1.165, 1.54) is 4.90 Å². The second kappa shape index (κ2) is 10.4. The van der Waals surface area contributed by atoms with E-state index in [2.05, 4.69) is 10.9 Å². The van der Waals surface area contributed by atoms with Gasteiger partial charge in [-0.05, 0) is 23.8 Å². The van der Waals surface area contributed by atoms with E-state index in [9.17, 15) is 29.8 Å². The van der Waals surface area contributed by atoms with E-state index in [4.69, 9.17) is 23.8 Å². The van der Waals surface area contributed by atoms with Gasteiger partial charge in [0, 0.05) is 24.1 Å². The molecule has 0 atom stereocenters. The molecule has 0 aromatic heterocycles. The molecule has 170 valence electrons. The van der Waals surface area contributed by atoms with Crippen molar-refractivity contribution >= 4 is 74.9 Å². The van der Waals surface area contributed by atoms with E-state index in [0.29, 0.717) is 15.5 Å². The van der Waals surface area contributed by atoms with Crippen LogP contribution in [0.25, 0.3) is 6.08 Å². The van der Waals surface area contributed by atoms with Crippen molar-refractivity contribution in [2.24, 2.45) is 0 Å². The first kappa shape index (κ1) is 24.1. The van der Waals surface area contributed by atoms with Gasteiger partial charge in [-0.1, -0.05) is 53.8 Å². The average Bonchev–Trinajstić information content (AvgIpc) is 3.04. The highest BCUT2D eigenvalue weighted by Gasteiger charge is 2.32. The van der Waals surface area contributed by atoms with E-state index in [-0.39, 0.29) is 28.9 Å². The highest BCUT2D eigenvalue weighted by atomic mass is 35.5. The minimum absolute atomic E-state index is 0.0135. The number of nitrogens with zero attached hydrogens (tertiary/aromatic N) is 3. The first-order chi connectivity index (χ1) is 15.7. The Labute approximate surface area is 201 Å². The molecule has 33 heavy (non-hydrogen) atoms. The number of non-ortho nitro benzene ring substituents is 1. The number of hydrogen-bond donors (Lipinski definition) is 2. The van der Waals surface area contributed by atoms with Crippen LogP contribution in [0.4, 0.5) is 17.1 Å². The lowest BCUT2D eigenvalue weighted by atomic mass is 10.2. The number of amides is 2. The van der Waals surface area contributed by atoms with Gasteiger partial charge in [-0.25, -0.2) is 0 Å². The van der Waals surface area contributed by atoms with E-state index in [0.717, 1.165) is 30.0 Å². The molecule has 11 nitrogen and oxygen atoms in total. The summed E-state index contributed by atoms with van der Waals surface area (Å²) < 4.78 is 0.282. The molecule has 0 aliphatic carbocycles. The van der Waals surface area contributed by atoms with Crippen molar-refractivity contribution in [3.05, 3.63) is 78.2 Å². The minimum Gasteiger partial charge on any atom is -0.292 e. The number of nitro groups is 2. The molecule has 1 aliphatic rings. The topological polar surface area (TPSA) is 148 Å². The molecule has 1 heterocycles. The normalized spacial score (nSPS) is 14.5. The SMILES string of the molecule is O=C(CCN1C(=O)/C(=C/c2ccccc2Cl)SC1=S)NNc1ccc([N+](=O)[O-])cc1[N+](=O)[O-]. The van der Waals surface area contributed by atoms with Crippen LogP contribution in [-0.2, 0) is 9.59 Å². The molecule has 14 heteroatoms. The van der Waals surface area contributed by atoms with Crippen LogP contribution in [0.5, 0.6) is 0 Å². The fourth-order valence-electron chi connectivity index (χ4n) is 2.73. The number of hydrogen-bond acceptors (Lipinski definition) is 9. The molecule has 1 saturated heterocycles. The Kier molecular flexibility index (Phi) is 7.58. The zero-order valence-electron chi connectivity index (χ0n) is 16.5. The first-order valence-corrected chi connectivity index (χ1v) is 10.7. The summed E-state index contributed by atoms with van der Waals surface area (Å²) in [5, 5.41) is 22.4. The van der Waals surface area contributed by atoms with Crippen LogP contribution in [0.1, 0.15) is 12.0 Å². The van der Waals surface area contributed by atoms with E-state index >= 15 is 0 Å². The number of thiocarbonyl (C=S) groups is 1. The number of benzene rings is 2. The lowest BCUT2D eigenvalue weighted by Crippen LogP contribution is -2.35. The van der Waals surface area contributed by atoms with Gasteiger partial charge in [0.25, 0.3) is 11.6 Å². The summed E-state index contributed by atoms with van der Waals surface area (Å²) in [4.78, 5) is 46.9. The van der Waals surface area contributed by atoms with Gasteiger partial charge in [0.1, 0.15) is 10.0 Å². The summed E-state index contributed by atoms with van der Waals surface area (Å²) in [6.45, 7) is -0.0135. The van der Waals surface area contributed by atoms with Crippen LogP contribution in [0, 0.1) is 20.2 Å². The van der Waals surface area contributed by atoms with Crippen LogP contribution in [0.2, 0.25) is 5.02 Å². The van der Waals surface area contributed by atoms with Crippen molar-refractivity contribution in [3.8, 4) is 0 Å². The smallest absolute Gasteiger partial charge is 0.292 e. The number of halogens is 1. The second-order valence-electron chi connectivity index (χ2n) is 6.49. The Balaban J connectivity index is 1.60. The quantitative estimate of drug-likeness (QED) is 0.235. The summed E-state index contributed by atoms with van der Waals surface area (Å²) in [6, 6.07) is 9.95. The van der Waals surface area contributed by atoms with Crippen LogP contribution < -0.4 is 10.9 Å². The Morgan fingerprint density at radius 2 is 1.91 bits per heavy atom. The average molecular weight is 508 g/mol. The molecule has 1 aliphatic heterocycles. The van der Waals surface area contributed by atoms with Gasteiger partial charge in [0.15, 0.2) is 0 Å². The molecule has 2 aromatic rings. The van der Waals surface area contributed by atoms with Crippen LogP contribution >= 0.6 is 35.6 Å². The molecular weight excluding hydrogens is 494 g/mol. The van der Waals surface area contributed by atoms with Crippen molar-refractivity contribution < 1.29 is 19.4 Å². The van der Waals surface area contributed by atoms with Crippen molar-refractivity contribution in [1.82, 2.24) is 10.3 Å². The van der Waals surface area contributed by atoms with Gasteiger partial charge in [-0.2, -0.15) is 0 Å². The summed E-state index contributed by atoms with van der Waals surface area (Å²) in [5.41, 5.74) is 4.13. The molecule has 3 rings (SSSR count). The number of hydrazine groups is 1. The number of rotatable bonds is 8. The highest BCUT2D eigenvalue weighted by molar-refractivity contribution is 8.26. The molecule has 0 saturated carbocycles. The van der Waals surface area contributed by atoms with Gasteiger partial charge >= 0.3 is 5.69 Å². The Morgan fingerprint density at radius 3 is 2.58 bits per heavy atom. The molecule has 0 radical (unpaired) electrons. The van der Waals surface area contributed by atoms with Crippen molar-refractivity contribution in [2.75, 3.05) is 12.0 Å². The molecule has 2 aromatic carbocycles. The van der Waals surface area contributed by atoms with Gasteiger partial charge < -0.3 is 0 Å². The van der Waals surface area contributed by atoms with E-state index < -0.39 is 27.1 Å². The predicted molar refractivity (Wildman–Crippen MR) is 127 cm³/mol. The lowest BCUT2D eigenvalue weighted by molar-refractivity contribution is -0.393. The number of thioether (sulfide) groups is 1. The standard InChI is InChI=1S/C19H14ClN5O6S2/c20-13-4-2-1-3-11(13)9-16-18(27)23(19(32)33-16)8-7-17(26)22-21-14-6-5-12(24(28)29)10-15(14)25(30)31/h1-6,9-10,21H,7-8H2,(H,22,26)/b16-9-. The van der Waals surface area contributed by atoms with Gasteiger partial charge in [0.05, 0.1) is 20.8 Å². The fourth-order valence-corrected chi connectivity index (χ4v) is 4.22. The Hall–Kier alpha value is -3.55. The zero-order chi connectivity index (χ0) is 24.1. The third kappa shape index (κ3) is 5.83. The maximum absolute atomic E-state index is 12.7. The molecular formula is C19H14ClN5O6S2. The van der Waals surface area contributed by atoms with Crippen LogP contribution in [0.3, 0.4) is 0 Å². The Bertz CT molecular complexity index is 1200. The fraction of sp³-hybridized carbons (Fsp3) is 0.105. The largest absolute Gasteiger partial charge is 0.300 e. The molecule has 0 bridgehead atoms. The molecule has 2 amide bonds.